The van der Waals surface area contributed by atoms with Gasteiger partial charge in [-0.3, -0.25) is 4.79 Å². The van der Waals surface area contributed by atoms with Crippen LogP contribution >= 0.6 is 0 Å². The summed E-state index contributed by atoms with van der Waals surface area (Å²) in [5, 5.41) is 2.83. The third kappa shape index (κ3) is 3.09. The van der Waals surface area contributed by atoms with Gasteiger partial charge in [0.2, 0.25) is 0 Å². The van der Waals surface area contributed by atoms with E-state index in [1.807, 2.05) is 38.1 Å². The second kappa shape index (κ2) is 6.10. The predicted octanol–water partition coefficient (Wildman–Crippen LogP) is 3.23. The maximum atomic E-state index is 12.2. The average Bonchev–Trinajstić information content (AvgIpc) is 2.41. The molecule has 0 aliphatic heterocycles. The third-order valence-electron chi connectivity index (χ3n) is 2.96. The minimum Gasteiger partial charge on any atom is -0.494 e. The number of hydrogen-bond donors (Lipinski definition) is 2. The van der Waals surface area contributed by atoms with E-state index in [1.54, 1.807) is 18.2 Å². The molecule has 0 atom stereocenters. The van der Waals surface area contributed by atoms with E-state index in [4.69, 9.17) is 10.5 Å². The van der Waals surface area contributed by atoms with Crippen LogP contribution in [0.2, 0.25) is 0 Å². The van der Waals surface area contributed by atoms with Crippen LogP contribution in [0.4, 0.5) is 11.4 Å². The first-order chi connectivity index (χ1) is 9.61. The number of anilines is 2. The van der Waals surface area contributed by atoms with Gasteiger partial charge < -0.3 is 15.8 Å². The number of amides is 1. The van der Waals surface area contributed by atoms with Crippen LogP contribution in [0.15, 0.2) is 42.5 Å². The largest absolute Gasteiger partial charge is 0.494 e. The molecule has 104 valence electrons. The number of nitrogens with two attached hydrogens (primary N) is 1. The van der Waals surface area contributed by atoms with Gasteiger partial charge in [-0.05, 0) is 49.7 Å². The van der Waals surface area contributed by atoms with Gasteiger partial charge in [-0.1, -0.05) is 12.1 Å². The number of benzene rings is 2. The molecule has 0 radical (unpaired) electrons. The van der Waals surface area contributed by atoms with E-state index in [0.29, 0.717) is 23.5 Å². The van der Waals surface area contributed by atoms with Crippen molar-refractivity contribution < 1.29 is 9.53 Å². The first-order valence-corrected chi connectivity index (χ1v) is 6.51. The van der Waals surface area contributed by atoms with Crippen LogP contribution in [0.25, 0.3) is 0 Å². The van der Waals surface area contributed by atoms with E-state index in [0.717, 1.165) is 11.3 Å². The van der Waals surface area contributed by atoms with Gasteiger partial charge in [-0.2, -0.15) is 0 Å². The number of nitrogen functional groups attached to an aromatic ring is 1. The Labute approximate surface area is 118 Å². The summed E-state index contributed by atoms with van der Waals surface area (Å²) in [6.07, 6.45) is 0. The van der Waals surface area contributed by atoms with Crippen LogP contribution in [-0.4, -0.2) is 12.5 Å². The van der Waals surface area contributed by atoms with Gasteiger partial charge in [0.15, 0.2) is 0 Å². The van der Waals surface area contributed by atoms with Crippen LogP contribution in [0, 0.1) is 6.92 Å². The molecule has 0 aliphatic carbocycles. The quantitative estimate of drug-likeness (QED) is 0.838. The topological polar surface area (TPSA) is 64.3 Å². The Kier molecular flexibility index (Phi) is 4.25. The van der Waals surface area contributed by atoms with E-state index in [2.05, 4.69) is 5.32 Å². The molecule has 0 fully saturated rings. The van der Waals surface area contributed by atoms with Gasteiger partial charge in [-0.25, -0.2) is 0 Å². The number of nitrogens with one attached hydrogen (secondary N) is 1. The minimum atomic E-state index is -0.204. The Morgan fingerprint density at radius 1 is 1.20 bits per heavy atom. The smallest absolute Gasteiger partial charge is 0.258 e. The maximum Gasteiger partial charge on any atom is 0.258 e. The molecule has 0 bridgehead atoms. The Balaban J connectivity index is 2.15. The van der Waals surface area contributed by atoms with Crippen molar-refractivity contribution in [2.45, 2.75) is 13.8 Å². The van der Waals surface area contributed by atoms with Gasteiger partial charge >= 0.3 is 0 Å². The van der Waals surface area contributed by atoms with Crippen molar-refractivity contribution in [2.24, 2.45) is 0 Å². The lowest BCUT2D eigenvalue weighted by Crippen LogP contribution is -2.15. The molecular weight excluding hydrogens is 252 g/mol. The average molecular weight is 270 g/mol. The molecule has 0 saturated carbocycles. The first kappa shape index (κ1) is 13.9. The number of carbonyl (C=O) groups is 1. The number of hydrogen-bond acceptors (Lipinski definition) is 3. The number of carbonyl (C=O) groups excluding carboxylic acids is 1. The van der Waals surface area contributed by atoms with Crippen molar-refractivity contribution in [1.29, 1.82) is 0 Å². The minimum absolute atomic E-state index is 0.204. The monoisotopic (exact) mass is 270 g/mol. The van der Waals surface area contributed by atoms with E-state index in [1.165, 1.54) is 0 Å². The summed E-state index contributed by atoms with van der Waals surface area (Å²) in [7, 11) is 0. The third-order valence-corrected chi connectivity index (χ3v) is 2.96. The van der Waals surface area contributed by atoms with Crippen LogP contribution in [0.3, 0.4) is 0 Å². The van der Waals surface area contributed by atoms with E-state index in [9.17, 15) is 4.79 Å². The summed E-state index contributed by atoms with van der Waals surface area (Å²) in [6.45, 7) is 4.41. The lowest BCUT2D eigenvalue weighted by molar-refractivity contribution is 0.102. The standard InChI is InChI=1S/C16H18N2O2/c1-3-20-13-9-7-12(8-10-13)18-16(19)15-11(2)5-4-6-14(15)17/h4-10H,3,17H2,1-2H3,(H,18,19). The first-order valence-electron chi connectivity index (χ1n) is 6.51. The number of aryl methyl sites for hydroxylation is 1. The molecule has 2 aromatic rings. The van der Waals surface area contributed by atoms with Crippen LogP contribution < -0.4 is 15.8 Å². The van der Waals surface area contributed by atoms with Gasteiger partial charge in [-0.15, -0.1) is 0 Å². The molecule has 20 heavy (non-hydrogen) atoms. The molecule has 0 spiro atoms. The highest BCUT2D eigenvalue weighted by Crippen LogP contribution is 2.20. The molecule has 0 aromatic heterocycles. The molecule has 3 N–H and O–H groups in total. The maximum absolute atomic E-state index is 12.2. The fraction of sp³-hybridized carbons (Fsp3) is 0.188. The zero-order valence-electron chi connectivity index (χ0n) is 11.6. The summed E-state index contributed by atoms with van der Waals surface area (Å²) in [5.74, 6) is 0.575. The van der Waals surface area contributed by atoms with Gasteiger partial charge in [0, 0.05) is 11.4 Å². The molecular formula is C16H18N2O2. The Bertz CT molecular complexity index is 586. The van der Waals surface area contributed by atoms with Crippen molar-refractivity contribution >= 4 is 17.3 Å². The SMILES string of the molecule is CCOc1ccc(NC(=O)c2c(C)cccc2N)cc1. The zero-order chi connectivity index (χ0) is 14.5. The predicted molar refractivity (Wildman–Crippen MR) is 81.2 cm³/mol. The van der Waals surface area contributed by atoms with Gasteiger partial charge in [0.05, 0.1) is 12.2 Å². The summed E-state index contributed by atoms with van der Waals surface area (Å²) < 4.78 is 5.36. The molecule has 0 unspecified atom stereocenters. The Hall–Kier alpha value is -2.49. The molecule has 0 heterocycles. The molecule has 4 heteroatoms. The van der Waals surface area contributed by atoms with Crippen LogP contribution in [-0.2, 0) is 0 Å². The highest BCUT2D eigenvalue weighted by Gasteiger charge is 2.12. The van der Waals surface area contributed by atoms with Gasteiger partial charge in [0.1, 0.15) is 5.75 Å². The molecule has 0 saturated heterocycles. The normalized spacial score (nSPS) is 10.1. The van der Waals surface area contributed by atoms with E-state index < -0.39 is 0 Å². The molecule has 0 aliphatic rings. The van der Waals surface area contributed by atoms with Crippen LogP contribution in [0.5, 0.6) is 5.75 Å². The Morgan fingerprint density at radius 2 is 1.90 bits per heavy atom. The lowest BCUT2D eigenvalue weighted by Gasteiger charge is -2.10. The van der Waals surface area contributed by atoms with Crippen molar-refractivity contribution in [1.82, 2.24) is 0 Å². The molecule has 4 nitrogen and oxygen atoms in total. The van der Waals surface area contributed by atoms with Crippen molar-refractivity contribution in [3.63, 3.8) is 0 Å². The zero-order valence-corrected chi connectivity index (χ0v) is 11.6. The highest BCUT2D eigenvalue weighted by molar-refractivity contribution is 6.08. The number of rotatable bonds is 4. The fourth-order valence-corrected chi connectivity index (χ4v) is 2.00. The van der Waals surface area contributed by atoms with Crippen molar-refractivity contribution in [2.75, 3.05) is 17.7 Å². The molecule has 2 aromatic carbocycles. The summed E-state index contributed by atoms with van der Waals surface area (Å²) in [6, 6.07) is 12.7. The van der Waals surface area contributed by atoms with Crippen molar-refractivity contribution in [3.8, 4) is 5.75 Å². The van der Waals surface area contributed by atoms with Crippen molar-refractivity contribution in [3.05, 3.63) is 53.6 Å². The van der Waals surface area contributed by atoms with E-state index >= 15 is 0 Å². The van der Waals surface area contributed by atoms with Gasteiger partial charge in [0.25, 0.3) is 5.91 Å². The summed E-state index contributed by atoms with van der Waals surface area (Å²) >= 11 is 0. The second-order valence-electron chi connectivity index (χ2n) is 4.45. The lowest BCUT2D eigenvalue weighted by atomic mass is 10.1. The highest BCUT2D eigenvalue weighted by atomic mass is 16.5. The summed E-state index contributed by atoms with van der Waals surface area (Å²) in [4.78, 5) is 12.2. The second-order valence-corrected chi connectivity index (χ2v) is 4.45. The molecule has 1 amide bonds. The summed E-state index contributed by atoms with van der Waals surface area (Å²) in [5.41, 5.74) is 8.42. The molecule has 2 rings (SSSR count). The Morgan fingerprint density at radius 3 is 2.50 bits per heavy atom. The number of ether oxygens (including phenoxy) is 1. The van der Waals surface area contributed by atoms with Crippen LogP contribution in [0.1, 0.15) is 22.8 Å². The van der Waals surface area contributed by atoms with E-state index in [-0.39, 0.29) is 5.91 Å². The fourth-order valence-electron chi connectivity index (χ4n) is 2.00.